The third-order valence-corrected chi connectivity index (χ3v) is 2.70. The van der Waals surface area contributed by atoms with E-state index in [1.165, 1.54) is 19.1 Å². The molecule has 0 saturated carbocycles. The monoisotopic (exact) mass is 206 g/mol. The molecule has 4 nitrogen and oxygen atoms in total. The molecule has 1 aliphatic rings. The van der Waals surface area contributed by atoms with Gasteiger partial charge in [0, 0.05) is 12.8 Å². The fourth-order valence-corrected chi connectivity index (χ4v) is 1.73. The Bertz CT molecular complexity index is 289. The van der Waals surface area contributed by atoms with Gasteiger partial charge in [-0.05, 0) is 0 Å². The average molecular weight is 206 g/mol. The molecule has 0 aromatic heterocycles. The highest BCUT2D eigenvalue weighted by molar-refractivity contribution is 7.86. The molecule has 0 aliphatic carbocycles. The molecule has 76 valence electrons. The van der Waals surface area contributed by atoms with Gasteiger partial charge in [-0.2, -0.15) is 8.42 Å². The number of hydrogen-bond donors (Lipinski definition) is 0. The molecule has 13 heavy (non-hydrogen) atoms. The molecule has 0 N–H and O–H groups in total. The van der Waals surface area contributed by atoms with Gasteiger partial charge < -0.3 is 4.18 Å². The average Bonchev–Trinajstić information content (AvgIpc) is 2.33. The van der Waals surface area contributed by atoms with E-state index in [-0.39, 0.29) is 0 Å². The van der Waals surface area contributed by atoms with Gasteiger partial charge in [0.05, 0.1) is 26.4 Å². The van der Waals surface area contributed by atoms with Crippen LogP contribution in [-0.2, 0) is 14.3 Å². The molecule has 0 amide bonds. The minimum absolute atomic E-state index is 0.773. The van der Waals surface area contributed by atoms with E-state index >= 15 is 0 Å². The number of nitrogens with zero attached hydrogens (tertiary/aromatic N) is 1. The smallest absolute Gasteiger partial charge is 0.305 e. The molecule has 0 radical (unpaired) electrons. The third-order valence-electron chi connectivity index (χ3n) is 2.24. The molecule has 1 heterocycles. The van der Waals surface area contributed by atoms with Gasteiger partial charge in [-0.25, -0.2) is 0 Å². The Morgan fingerprint density at radius 1 is 1.31 bits per heavy atom. The minimum Gasteiger partial charge on any atom is -0.385 e. The van der Waals surface area contributed by atoms with Crippen molar-refractivity contribution in [2.75, 3.05) is 26.4 Å². The molecule has 0 bridgehead atoms. The van der Waals surface area contributed by atoms with Gasteiger partial charge in [0.15, 0.2) is 6.26 Å². The van der Waals surface area contributed by atoms with Gasteiger partial charge in [-0.1, -0.05) is 0 Å². The lowest BCUT2D eigenvalue weighted by atomic mass is 10.4. The van der Waals surface area contributed by atoms with Crippen LogP contribution in [0.1, 0.15) is 12.8 Å². The standard InChI is InChI=1S/C8H16NO3S/c1-9(5-3-4-6-9)7-8-12-13(2,10)11/h7-8H,3-6H2,1-2H3/q+1/b8-7+. The molecule has 1 rings (SSSR count). The van der Waals surface area contributed by atoms with Crippen LogP contribution in [0.3, 0.4) is 0 Å². The van der Waals surface area contributed by atoms with Crippen LogP contribution in [-0.4, -0.2) is 39.3 Å². The summed E-state index contributed by atoms with van der Waals surface area (Å²) in [7, 11) is -1.27. The lowest BCUT2D eigenvalue weighted by Crippen LogP contribution is -2.34. The van der Waals surface area contributed by atoms with Crippen molar-refractivity contribution in [3.8, 4) is 0 Å². The Labute approximate surface area is 79.5 Å². The van der Waals surface area contributed by atoms with Crippen molar-refractivity contribution in [3.63, 3.8) is 0 Å². The molecular weight excluding hydrogens is 190 g/mol. The number of likely N-dealkylation sites (tertiary alicyclic amines) is 1. The van der Waals surface area contributed by atoms with Crippen LogP contribution < -0.4 is 0 Å². The zero-order valence-electron chi connectivity index (χ0n) is 8.06. The highest BCUT2D eigenvalue weighted by Gasteiger charge is 2.24. The first-order valence-electron chi connectivity index (χ1n) is 4.32. The van der Waals surface area contributed by atoms with E-state index in [0.29, 0.717) is 0 Å². The number of quaternary nitrogens is 1. The van der Waals surface area contributed by atoms with E-state index < -0.39 is 10.1 Å². The summed E-state index contributed by atoms with van der Waals surface area (Å²) in [6, 6.07) is 0. The van der Waals surface area contributed by atoms with Crippen LogP contribution in [0, 0.1) is 0 Å². The van der Waals surface area contributed by atoms with Gasteiger partial charge in [-0.15, -0.1) is 0 Å². The van der Waals surface area contributed by atoms with E-state index in [1.807, 2.05) is 0 Å². The second-order valence-electron chi connectivity index (χ2n) is 3.72. The molecule has 1 saturated heterocycles. The SMILES string of the molecule is C[N+]1(/C=C/OS(C)(=O)=O)CCCC1. The molecule has 0 aromatic carbocycles. The first-order chi connectivity index (χ1) is 5.91. The Morgan fingerprint density at radius 3 is 2.31 bits per heavy atom. The Kier molecular flexibility index (Phi) is 2.98. The predicted octanol–water partition coefficient (Wildman–Crippen LogP) is 0.674. The molecular formula is C8H16NO3S+. The summed E-state index contributed by atoms with van der Waals surface area (Å²) in [5.41, 5.74) is 0. The Hall–Kier alpha value is -0.550. The van der Waals surface area contributed by atoms with Crippen LogP contribution in [0.2, 0.25) is 0 Å². The highest BCUT2D eigenvalue weighted by Crippen LogP contribution is 2.16. The molecule has 0 unspecified atom stereocenters. The Balaban J connectivity index is 2.48. The van der Waals surface area contributed by atoms with Crippen LogP contribution in [0.25, 0.3) is 0 Å². The largest absolute Gasteiger partial charge is 0.385 e. The topological polar surface area (TPSA) is 43.4 Å². The zero-order chi connectivity index (χ0) is 9.95. The van der Waals surface area contributed by atoms with Gasteiger partial charge in [0.25, 0.3) is 0 Å². The maximum absolute atomic E-state index is 10.6. The summed E-state index contributed by atoms with van der Waals surface area (Å²) in [6.45, 7) is 2.12. The number of rotatable bonds is 3. The van der Waals surface area contributed by atoms with Crippen molar-refractivity contribution < 1.29 is 17.1 Å². The van der Waals surface area contributed by atoms with Crippen LogP contribution in [0.5, 0.6) is 0 Å². The van der Waals surface area contributed by atoms with E-state index in [9.17, 15) is 8.42 Å². The van der Waals surface area contributed by atoms with Gasteiger partial charge in [0.2, 0.25) is 0 Å². The highest BCUT2D eigenvalue weighted by atomic mass is 32.2. The van der Waals surface area contributed by atoms with Crippen molar-refractivity contribution in [3.05, 3.63) is 12.5 Å². The van der Waals surface area contributed by atoms with E-state index in [4.69, 9.17) is 0 Å². The zero-order valence-corrected chi connectivity index (χ0v) is 8.88. The predicted molar refractivity (Wildman–Crippen MR) is 50.2 cm³/mol. The van der Waals surface area contributed by atoms with Crippen molar-refractivity contribution >= 4 is 10.1 Å². The third kappa shape index (κ3) is 3.78. The second-order valence-corrected chi connectivity index (χ2v) is 5.32. The van der Waals surface area contributed by atoms with E-state index in [1.54, 1.807) is 6.20 Å². The second kappa shape index (κ2) is 3.67. The van der Waals surface area contributed by atoms with Gasteiger partial charge >= 0.3 is 10.1 Å². The van der Waals surface area contributed by atoms with Gasteiger partial charge in [0.1, 0.15) is 6.20 Å². The molecule has 0 aromatic rings. The summed E-state index contributed by atoms with van der Waals surface area (Å²) >= 11 is 0. The summed E-state index contributed by atoms with van der Waals surface area (Å²) in [4.78, 5) is 0. The first-order valence-corrected chi connectivity index (χ1v) is 6.13. The molecule has 0 spiro atoms. The van der Waals surface area contributed by atoms with Crippen LogP contribution in [0.4, 0.5) is 0 Å². The van der Waals surface area contributed by atoms with E-state index in [0.717, 1.165) is 23.8 Å². The molecule has 1 fully saturated rings. The summed E-state index contributed by atoms with van der Waals surface area (Å²) in [5, 5.41) is 0. The summed E-state index contributed by atoms with van der Waals surface area (Å²) in [6.07, 6.45) is 6.51. The van der Waals surface area contributed by atoms with Crippen molar-refractivity contribution in [2.45, 2.75) is 12.8 Å². The van der Waals surface area contributed by atoms with Crippen molar-refractivity contribution in [1.29, 1.82) is 0 Å². The van der Waals surface area contributed by atoms with Crippen molar-refractivity contribution in [1.82, 2.24) is 0 Å². The summed E-state index contributed by atoms with van der Waals surface area (Å²) < 4.78 is 26.6. The first kappa shape index (κ1) is 10.5. The number of hydrogen-bond acceptors (Lipinski definition) is 3. The normalized spacial score (nSPS) is 22.3. The maximum atomic E-state index is 10.6. The lowest BCUT2D eigenvalue weighted by Gasteiger charge is -2.22. The minimum atomic E-state index is -3.34. The fraction of sp³-hybridized carbons (Fsp3) is 0.750. The van der Waals surface area contributed by atoms with Gasteiger partial charge in [-0.3, -0.25) is 4.48 Å². The van der Waals surface area contributed by atoms with E-state index in [2.05, 4.69) is 11.2 Å². The fourth-order valence-electron chi connectivity index (χ4n) is 1.48. The summed E-state index contributed by atoms with van der Waals surface area (Å²) in [5.74, 6) is 0. The lowest BCUT2D eigenvalue weighted by molar-refractivity contribution is -0.846. The van der Waals surface area contributed by atoms with Crippen LogP contribution in [0.15, 0.2) is 12.5 Å². The Morgan fingerprint density at radius 2 is 1.85 bits per heavy atom. The molecule has 1 aliphatic heterocycles. The van der Waals surface area contributed by atoms with Crippen molar-refractivity contribution in [2.24, 2.45) is 0 Å². The van der Waals surface area contributed by atoms with Crippen LogP contribution >= 0.6 is 0 Å². The quantitative estimate of drug-likeness (QED) is 0.387. The molecule has 0 atom stereocenters. The maximum Gasteiger partial charge on any atom is 0.305 e. The molecule has 5 heteroatoms.